The minimum absolute atomic E-state index is 0.210. The molecule has 0 aromatic rings. The summed E-state index contributed by atoms with van der Waals surface area (Å²) in [6.07, 6.45) is 3.44. The first-order valence-electron chi connectivity index (χ1n) is 4.86. The van der Waals surface area contributed by atoms with E-state index in [1.54, 1.807) is 0 Å². The van der Waals surface area contributed by atoms with Crippen molar-refractivity contribution in [2.75, 3.05) is 0 Å². The standard InChI is InChI=1S/C9H18O3Si/c1-13(2,12)8-5-3-4-7(6-8)9(10)11/h7-8,12H,3-6H2,1-2H3,(H,10,11). The van der Waals surface area contributed by atoms with E-state index < -0.39 is 14.3 Å². The molecule has 0 saturated heterocycles. The van der Waals surface area contributed by atoms with Crippen LogP contribution in [0.25, 0.3) is 0 Å². The summed E-state index contributed by atoms with van der Waals surface area (Å²) in [5, 5.41) is 8.86. The SMILES string of the molecule is C[Si](C)(O)C1CCCC(C(=O)O)C1. The fourth-order valence-electron chi connectivity index (χ4n) is 2.06. The normalized spacial score (nSPS) is 30.1. The van der Waals surface area contributed by atoms with Crippen LogP contribution in [0.5, 0.6) is 0 Å². The van der Waals surface area contributed by atoms with Gasteiger partial charge in [0.25, 0.3) is 0 Å². The van der Waals surface area contributed by atoms with Gasteiger partial charge in [-0.05, 0) is 31.5 Å². The molecular formula is C9H18O3Si. The summed E-state index contributed by atoms with van der Waals surface area (Å²) in [5.74, 6) is -0.902. The Morgan fingerprint density at radius 3 is 2.46 bits per heavy atom. The molecule has 1 saturated carbocycles. The summed E-state index contributed by atoms with van der Waals surface area (Å²) in [7, 11) is -2.11. The van der Waals surface area contributed by atoms with Crippen LogP contribution in [0.15, 0.2) is 0 Å². The Kier molecular flexibility index (Phi) is 3.13. The minimum atomic E-state index is -2.11. The van der Waals surface area contributed by atoms with Crippen LogP contribution in [0.3, 0.4) is 0 Å². The van der Waals surface area contributed by atoms with Crippen LogP contribution in [-0.4, -0.2) is 24.2 Å². The van der Waals surface area contributed by atoms with E-state index in [2.05, 4.69) is 0 Å². The van der Waals surface area contributed by atoms with Crippen molar-refractivity contribution < 1.29 is 14.7 Å². The van der Waals surface area contributed by atoms with Crippen LogP contribution in [0, 0.1) is 5.92 Å². The predicted octanol–water partition coefficient (Wildman–Crippen LogP) is 1.83. The molecule has 1 rings (SSSR count). The Morgan fingerprint density at radius 1 is 1.38 bits per heavy atom. The summed E-state index contributed by atoms with van der Waals surface area (Å²) < 4.78 is 0. The Hall–Kier alpha value is -0.353. The van der Waals surface area contributed by atoms with E-state index in [-0.39, 0.29) is 11.5 Å². The lowest BCUT2D eigenvalue weighted by Gasteiger charge is -2.33. The third-order valence-corrected chi connectivity index (χ3v) is 5.55. The van der Waals surface area contributed by atoms with Gasteiger partial charge in [0.15, 0.2) is 8.32 Å². The summed E-state index contributed by atoms with van der Waals surface area (Å²) in [6.45, 7) is 3.81. The predicted molar refractivity (Wildman–Crippen MR) is 53.0 cm³/mol. The van der Waals surface area contributed by atoms with Gasteiger partial charge in [0, 0.05) is 0 Å². The Labute approximate surface area is 79.9 Å². The van der Waals surface area contributed by atoms with Gasteiger partial charge in [-0.15, -0.1) is 0 Å². The molecule has 0 heterocycles. The summed E-state index contributed by atoms with van der Waals surface area (Å²) in [5.41, 5.74) is 0.280. The second kappa shape index (κ2) is 3.80. The summed E-state index contributed by atoms with van der Waals surface area (Å²) in [6, 6.07) is 0. The van der Waals surface area contributed by atoms with Gasteiger partial charge in [0.2, 0.25) is 0 Å². The maximum absolute atomic E-state index is 10.8. The molecule has 0 bridgehead atoms. The van der Waals surface area contributed by atoms with Crippen molar-refractivity contribution >= 4 is 14.3 Å². The molecule has 3 nitrogen and oxygen atoms in total. The number of carboxylic acid groups (broad SMARTS) is 1. The van der Waals surface area contributed by atoms with E-state index in [0.717, 1.165) is 19.3 Å². The highest BCUT2D eigenvalue weighted by Crippen LogP contribution is 2.38. The molecule has 2 N–H and O–H groups in total. The number of hydrogen-bond acceptors (Lipinski definition) is 2. The van der Waals surface area contributed by atoms with Gasteiger partial charge in [-0.3, -0.25) is 4.79 Å². The molecular weight excluding hydrogens is 184 g/mol. The summed E-state index contributed by atoms with van der Waals surface area (Å²) in [4.78, 5) is 20.6. The highest BCUT2D eigenvalue weighted by atomic mass is 28.4. The number of aliphatic carboxylic acids is 1. The molecule has 0 aliphatic heterocycles. The van der Waals surface area contributed by atoms with Gasteiger partial charge in [-0.1, -0.05) is 12.8 Å². The van der Waals surface area contributed by atoms with E-state index in [4.69, 9.17) is 5.11 Å². The van der Waals surface area contributed by atoms with Crippen LogP contribution in [-0.2, 0) is 4.79 Å². The number of carboxylic acids is 1. The number of rotatable bonds is 2. The molecule has 1 aliphatic rings. The fourth-order valence-corrected chi connectivity index (χ4v) is 3.83. The molecule has 0 spiro atoms. The molecule has 0 aromatic heterocycles. The van der Waals surface area contributed by atoms with Crippen LogP contribution in [0.1, 0.15) is 25.7 Å². The topological polar surface area (TPSA) is 57.5 Å². The van der Waals surface area contributed by atoms with Gasteiger partial charge in [0.05, 0.1) is 5.92 Å². The highest BCUT2D eigenvalue weighted by molar-refractivity contribution is 6.71. The molecule has 1 fully saturated rings. The first-order valence-corrected chi connectivity index (χ1v) is 7.89. The van der Waals surface area contributed by atoms with Gasteiger partial charge in [-0.2, -0.15) is 0 Å². The maximum atomic E-state index is 10.8. The monoisotopic (exact) mass is 202 g/mol. The average molecular weight is 202 g/mol. The second-order valence-electron chi connectivity index (χ2n) is 4.55. The lowest BCUT2D eigenvalue weighted by molar-refractivity contribution is -0.142. The molecule has 0 aromatic carbocycles. The van der Waals surface area contributed by atoms with Crippen molar-refractivity contribution in [3.05, 3.63) is 0 Å². The lowest BCUT2D eigenvalue weighted by atomic mass is 9.89. The highest BCUT2D eigenvalue weighted by Gasteiger charge is 2.36. The van der Waals surface area contributed by atoms with Crippen LogP contribution >= 0.6 is 0 Å². The first kappa shape index (κ1) is 10.7. The zero-order valence-corrected chi connectivity index (χ0v) is 9.29. The molecule has 2 unspecified atom stereocenters. The van der Waals surface area contributed by atoms with Crippen molar-refractivity contribution in [1.29, 1.82) is 0 Å². The van der Waals surface area contributed by atoms with E-state index >= 15 is 0 Å². The van der Waals surface area contributed by atoms with Crippen molar-refractivity contribution in [3.63, 3.8) is 0 Å². The van der Waals surface area contributed by atoms with Crippen molar-refractivity contribution in [1.82, 2.24) is 0 Å². The summed E-state index contributed by atoms with van der Waals surface area (Å²) >= 11 is 0. The molecule has 0 radical (unpaired) electrons. The molecule has 0 amide bonds. The van der Waals surface area contributed by atoms with Gasteiger partial charge in [-0.25, -0.2) is 0 Å². The van der Waals surface area contributed by atoms with Gasteiger partial charge < -0.3 is 9.90 Å². The number of hydrogen-bond donors (Lipinski definition) is 2. The van der Waals surface area contributed by atoms with E-state index in [0.29, 0.717) is 6.42 Å². The van der Waals surface area contributed by atoms with Crippen molar-refractivity contribution in [2.24, 2.45) is 5.92 Å². The van der Waals surface area contributed by atoms with E-state index in [1.807, 2.05) is 13.1 Å². The molecule has 2 atom stereocenters. The lowest BCUT2D eigenvalue weighted by Crippen LogP contribution is -2.36. The van der Waals surface area contributed by atoms with Gasteiger partial charge in [0.1, 0.15) is 0 Å². The van der Waals surface area contributed by atoms with Crippen LogP contribution in [0.2, 0.25) is 18.6 Å². The van der Waals surface area contributed by atoms with Crippen molar-refractivity contribution in [3.8, 4) is 0 Å². The molecule has 13 heavy (non-hydrogen) atoms. The third-order valence-electron chi connectivity index (χ3n) is 3.02. The Morgan fingerprint density at radius 2 is 2.00 bits per heavy atom. The maximum Gasteiger partial charge on any atom is 0.306 e. The average Bonchev–Trinajstić information content (AvgIpc) is 2.03. The molecule has 76 valence electrons. The Bertz CT molecular complexity index is 198. The van der Waals surface area contributed by atoms with Crippen LogP contribution in [0.4, 0.5) is 0 Å². The first-order chi connectivity index (χ1) is 5.91. The largest absolute Gasteiger partial charge is 0.481 e. The minimum Gasteiger partial charge on any atom is -0.481 e. The smallest absolute Gasteiger partial charge is 0.306 e. The zero-order chi connectivity index (χ0) is 10.1. The molecule has 4 heteroatoms. The quantitative estimate of drug-likeness (QED) is 0.672. The van der Waals surface area contributed by atoms with E-state index in [1.165, 1.54) is 0 Å². The van der Waals surface area contributed by atoms with Crippen LogP contribution < -0.4 is 0 Å². The zero-order valence-electron chi connectivity index (χ0n) is 8.29. The third kappa shape index (κ3) is 2.81. The second-order valence-corrected chi connectivity index (χ2v) is 8.68. The van der Waals surface area contributed by atoms with Crippen molar-refractivity contribution in [2.45, 2.75) is 44.3 Å². The fraction of sp³-hybridized carbons (Fsp3) is 0.889. The van der Waals surface area contributed by atoms with E-state index in [9.17, 15) is 9.59 Å². The number of carbonyl (C=O) groups is 1. The Balaban J connectivity index is 2.57. The molecule has 1 aliphatic carbocycles. The van der Waals surface area contributed by atoms with Gasteiger partial charge >= 0.3 is 5.97 Å².